The second-order valence-electron chi connectivity index (χ2n) is 8.82. The van der Waals surface area contributed by atoms with Crippen molar-refractivity contribution in [2.24, 2.45) is 34.5 Å². The Bertz CT molecular complexity index is 496. The molecule has 0 heterocycles. The fraction of sp³-hybridized carbons (Fsp3) is 0.895. The van der Waals surface area contributed by atoms with E-state index in [1.54, 1.807) is 0 Å². The van der Waals surface area contributed by atoms with Crippen LogP contribution in [0.3, 0.4) is 0 Å². The van der Waals surface area contributed by atoms with Gasteiger partial charge in [0.25, 0.3) is 0 Å². The summed E-state index contributed by atoms with van der Waals surface area (Å²) in [4.78, 5) is 24.2. The Kier molecular flexibility index (Phi) is 2.94. The molecule has 0 spiro atoms. The first-order valence-corrected chi connectivity index (χ1v) is 9.00. The zero-order chi connectivity index (χ0) is 14.8. The topological polar surface area (TPSA) is 34.1 Å². The molecule has 4 saturated carbocycles. The van der Waals surface area contributed by atoms with Gasteiger partial charge in [-0.3, -0.25) is 9.59 Å². The molecule has 0 unspecified atom stereocenters. The number of rotatable bonds is 0. The van der Waals surface area contributed by atoms with E-state index in [2.05, 4.69) is 13.8 Å². The van der Waals surface area contributed by atoms with Gasteiger partial charge in [0, 0.05) is 24.7 Å². The summed E-state index contributed by atoms with van der Waals surface area (Å²) >= 11 is 0. The molecule has 0 aliphatic heterocycles. The highest BCUT2D eigenvalue weighted by Gasteiger charge is 2.60. The van der Waals surface area contributed by atoms with E-state index in [4.69, 9.17) is 0 Å². The molecule has 4 fully saturated rings. The summed E-state index contributed by atoms with van der Waals surface area (Å²) in [6.45, 7) is 4.72. The molecule has 0 bridgehead atoms. The molecule has 0 aromatic carbocycles. The van der Waals surface area contributed by atoms with E-state index >= 15 is 0 Å². The fourth-order valence-corrected chi connectivity index (χ4v) is 6.82. The van der Waals surface area contributed by atoms with Crippen molar-refractivity contribution in [3.05, 3.63) is 0 Å². The monoisotopic (exact) mass is 288 g/mol. The van der Waals surface area contributed by atoms with E-state index < -0.39 is 0 Å². The van der Waals surface area contributed by atoms with Crippen LogP contribution >= 0.6 is 0 Å². The van der Waals surface area contributed by atoms with E-state index in [0.717, 1.165) is 50.4 Å². The number of carbonyl (C=O) groups is 2. The van der Waals surface area contributed by atoms with Gasteiger partial charge in [0.05, 0.1) is 0 Å². The number of hydrogen-bond acceptors (Lipinski definition) is 2. The van der Waals surface area contributed by atoms with Crippen LogP contribution in [0.1, 0.15) is 71.6 Å². The fourth-order valence-electron chi connectivity index (χ4n) is 6.82. The van der Waals surface area contributed by atoms with Crippen LogP contribution in [0.25, 0.3) is 0 Å². The molecule has 2 nitrogen and oxygen atoms in total. The summed E-state index contributed by atoms with van der Waals surface area (Å²) in [7, 11) is 0. The highest BCUT2D eigenvalue weighted by atomic mass is 16.1. The molecule has 0 amide bonds. The first-order chi connectivity index (χ1) is 9.95. The Balaban J connectivity index is 1.65. The van der Waals surface area contributed by atoms with E-state index in [1.165, 1.54) is 19.3 Å². The normalized spacial score (nSPS) is 53.0. The third-order valence-electron chi connectivity index (χ3n) is 8.19. The average molecular weight is 288 g/mol. The average Bonchev–Trinajstić information content (AvgIpc) is 2.76. The van der Waals surface area contributed by atoms with E-state index in [-0.39, 0.29) is 5.41 Å². The third kappa shape index (κ3) is 1.77. The summed E-state index contributed by atoms with van der Waals surface area (Å²) in [6.07, 6.45) is 9.53. The molecule has 4 aliphatic carbocycles. The molecule has 21 heavy (non-hydrogen) atoms. The summed E-state index contributed by atoms with van der Waals surface area (Å²) in [5, 5.41) is 0. The third-order valence-corrected chi connectivity index (χ3v) is 8.19. The molecule has 116 valence electrons. The molecule has 0 saturated heterocycles. The molecule has 0 aromatic heterocycles. The number of carbonyl (C=O) groups excluding carboxylic acids is 2. The lowest BCUT2D eigenvalue weighted by molar-refractivity contribution is -0.144. The Morgan fingerprint density at radius 3 is 2.52 bits per heavy atom. The van der Waals surface area contributed by atoms with Crippen LogP contribution in [-0.4, -0.2) is 11.6 Å². The molecular formula is C19H28O2. The van der Waals surface area contributed by atoms with Crippen molar-refractivity contribution in [2.45, 2.75) is 71.6 Å². The smallest absolute Gasteiger partial charge is 0.139 e. The van der Waals surface area contributed by atoms with Gasteiger partial charge in [-0.1, -0.05) is 13.8 Å². The largest absolute Gasteiger partial charge is 0.300 e. The zero-order valence-electron chi connectivity index (χ0n) is 13.5. The first-order valence-electron chi connectivity index (χ1n) is 9.00. The van der Waals surface area contributed by atoms with Gasteiger partial charge in [0.2, 0.25) is 0 Å². The molecule has 4 rings (SSSR count). The van der Waals surface area contributed by atoms with Crippen LogP contribution in [0.4, 0.5) is 0 Å². The maximum Gasteiger partial charge on any atom is 0.139 e. The van der Waals surface area contributed by atoms with Crippen molar-refractivity contribution in [2.75, 3.05) is 0 Å². The lowest BCUT2D eigenvalue weighted by Gasteiger charge is -2.59. The zero-order valence-corrected chi connectivity index (χ0v) is 13.5. The minimum atomic E-state index is -0.00511. The van der Waals surface area contributed by atoms with Crippen LogP contribution in [-0.2, 0) is 9.59 Å². The molecular weight excluding hydrogens is 260 g/mol. The van der Waals surface area contributed by atoms with Crippen LogP contribution in [0.5, 0.6) is 0 Å². The van der Waals surface area contributed by atoms with Crippen LogP contribution in [0.15, 0.2) is 0 Å². The Labute approximate surface area is 128 Å². The highest BCUT2D eigenvalue weighted by molar-refractivity contribution is 5.87. The van der Waals surface area contributed by atoms with Crippen molar-refractivity contribution >= 4 is 11.6 Å². The summed E-state index contributed by atoms with van der Waals surface area (Å²) in [5.74, 6) is 3.82. The summed E-state index contributed by atoms with van der Waals surface area (Å²) in [5.41, 5.74) is 0.374. The van der Waals surface area contributed by atoms with Crippen molar-refractivity contribution < 1.29 is 9.59 Å². The van der Waals surface area contributed by atoms with Crippen LogP contribution in [0, 0.1) is 34.5 Å². The minimum Gasteiger partial charge on any atom is -0.300 e. The van der Waals surface area contributed by atoms with Gasteiger partial charge in [-0.05, 0) is 67.6 Å². The standard InChI is InChI=1S/C19H28O2/c1-18-9-7-13(20)11-12(18)3-4-14-15-5-6-17(21)19(15,2)10-8-16(14)18/h12,14-16H,3-11H2,1-2H3/t12-,14-,15-,16-,18+,19+/m1/s1. The number of Topliss-reactive ketones (excluding diaryl/α,β-unsaturated/α-hetero) is 2. The molecule has 0 aromatic rings. The number of hydrogen-bond donors (Lipinski definition) is 0. The van der Waals surface area contributed by atoms with Crippen LogP contribution < -0.4 is 0 Å². The SMILES string of the molecule is C[C@]12CCC(=O)C[C@H]1CC[C@H]1[C@H]2CC[C@]2(C)C(=O)CC[C@H]12. The van der Waals surface area contributed by atoms with Gasteiger partial charge in [-0.15, -0.1) is 0 Å². The van der Waals surface area contributed by atoms with Crippen LogP contribution in [0.2, 0.25) is 0 Å². The Morgan fingerprint density at radius 1 is 0.905 bits per heavy atom. The summed E-state index contributed by atoms with van der Waals surface area (Å²) in [6, 6.07) is 0. The van der Waals surface area contributed by atoms with Crippen molar-refractivity contribution in [3.63, 3.8) is 0 Å². The predicted octanol–water partition coefficient (Wildman–Crippen LogP) is 4.17. The van der Waals surface area contributed by atoms with Crippen molar-refractivity contribution in [3.8, 4) is 0 Å². The Morgan fingerprint density at radius 2 is 1.71 bits per heavy atom. The maximum atomic E-state index is 12.4. The Hall–Kier alpha value is -0.660. The van der Waals surface area contributed by atoms with E-state index in [0.29, 0.717) is 28.8 Å². The molecule has 0 radical (unpaired) electrons. The lowest BCUT2D eigenvalue weighted by atomic mass is 9.45. The second kappa shape index (κ2) is 4.43. The highest BCUT2D eigenvalue weighted by Crippen LogP contribution is 2.65. The maximum absolute atomic E-state index is 12.4. The van der Waals surface area contributed by atoms with Gasteiger partial charge < -0.3 is 0 Å². The first kappa shape index (κ1) is 14.0. The lowest BCUT2D eigenvalue weighted by Crippen LogP contribution is -2.53. The van der Waals surface area contributed by atoms with Gasteiger partial charge >= 0.3 is 0 Å². The molecule has 2 heteroatoms. The van der Waals surface area contributed by atoms with Crippen molar-refractivity contribution in [1.29, 1.82) is 0 Å². The summed E-state index contributed by atoms with van der Waals surface area (Å²) < 4.78 is 0. The van der Waals surface area contributed by atoms with Gasteiger partial charge in [0.15, 0.2) is 0 Å². The number of fused-ring (bicyclic) bond motifs is 5. The van der Waals surface area contributed by atoms with E-state index in [9.17, 15) is 9.59 Å². The molecule has 4 aliphatic rings. The van der Waals surface area contributed by atoms with Crippen molar-refractivity contribution in [1.82, 2.24) is 0 Å². The van der Waals surface area contributed by atoms with Gasteiger partial charge in [0.1, 0.15) is 11.6 Å². The second-order valence-corrected chi connectivity index (χ2v) is 8.82. The molecule has 6 atom stereocenters. The predicted molar refractivity (Wildman–Crippen MR) is 81.7 cm³/mol. The van der Waals surface area contributed by atoms with E-state index in [1.807, 2.05) is 0 Å². The van der Waals surface area contributed by atoms with Gasteiger partial charge in [-0.25, -0.2) is 0 Å². The minimum absolute atomic E-state index is 0.00511. The molecule has 0 N–H and O–H groups in total. The van der Waals surface area contributed by atoms with Gasteiger partial charge in [-0.2, -0.15) is 0 Å². The number of ketones is 2. The quantitative estimate of drug-likeness (QED) is 0.670.